The van der Waals surface area contributed by atoms with Crippen LogP contribution in [0.4, 0.5) is 0 Å². The van der Waals surface area contributed by atoms with Crippen molar-refractivity contribution in [1.82, 2.24) is 16.0 Å². The summed E-state index contributed by atoms with van der Waals surface area (Å²) in [6.45, 7) is -0.838. The van der Waals surface area contributed by atoms with E-state index < -0.39 is 71.7 Å². The molecule has 3 atom stereocenters. The molecule has 2 unspecified atom stereocenters. The molecule has 11 nitrogen and oxygen atoms in total. The molecule has 0 aromatic rings. The Balaban J connectivity index is 3.47. The van der Waals surface area contributed by atoms with E-state index >= 15 is 0 Å². The zero-order valence-corrected chi connectivity index (χ0v) is 22.8. The van der Waals surface area contributed by atoms with E-state index in [9.17, 15) is 39.9 Å². The Hall–Kier alpha value is -0.120. The normalized spacial score (nSPS) is 22.3. The molecule has 0 aliphatic heterocycles. The predicted octanol–water partition coefficient (Wildman–Crippen LogP) is -1.81. The maximum atomic E-state index is 13.1. The molecule has 14 heteroatoms. The van der Waals surface area contributed by atoms with Crippen LogP contribution >= 0.6 is 67.8 Å². The lowest BCUT2D eigenvalue weighted by molar-refractivity contribution is -0.131. The highest BCUT2D eigenvalue weighted by molar-refractivity contribution is 14.1. The third-order valence-corrected chi connectivity index (χ3v) is 7.73. The fourth-order valence-electron chi connectivity index (χ4n) is 2.51. The van der Waals surface area contributed by atoms with Gasteiger partial charge in [-0.3, -0.25) is 14.4 Å². The minimum absolute atomic E-state index is 0.234. The van der Waals surface area contributed by atoms with Gasteiger partial charge in [0, 0.05) is 7.16 Å². The smallest absolute Gasteiger partial charge is 0.252 e. The van der Waals surface area contributed by atoms with Gasteiger partial charge in [-0.15, -0.1) is 0 Å². The molecule has 0 aromatic carbocycles. The summed E-state index contributed by atoms with van der Waals surface area (Å²) in [6, 6.07) is -1.92. The highest BCUT2D eigenvalue weighted by Crippen LogP contribution is 2.47. The van der Waals surface area contributed by atoms with Gasteiger partial charge in [0.05, 0.1) is 50.1 Å². The SMILES string of the molecule is C[C@H](O)C(=O)NC1=C(I)C(C(=O)NC(CO)CO)C(I)(C(=O)NC(CO)CO)C=C1I. The summed E-state index contributed by atoms with van der Waals surface area (Å²) in [6.07, 6.45) is 0.137. The predicted molar refractivity (Wildman–Crippen MR) is 135 cm³/mol. The fourth-order valence-corrected chi connectivity index (χ4v) is 7.40. The summed E-state index contributed by atoms with van der Waals surface area (Å²) in [5.41, 5.74) is 0.234. The Kier molecular flexibility index (Phi) is 12.1. The van der Waals surface area contributed by atoms with Crippen molar-refractivity contribution in [3.05, 3.63) is 18.9 Å². The van der Waals surface area contributed by atoms with Crippen LogP contribution in [0.2, 0.25) is 0 Å². The van der Waals surface area contributed by atoms with Crippen LogP contribution in [0.1, 0.15) is 6.92 Å². The van der Waals surface area contributed by atoms with E-state index in [1.807, 2.05) is 45.2 Å². The molecule has 0 fully saturated rings. The first-order valence-electron chi connectivity index (χ1n) is 8.97. The minimum Gasteiger partial charge on any atom is -0.394 e. The lowest BCUT2D eigenvalue weighted by Gasteiger charge is -2.37. The second-order valence-electron chi connectivity index (χ2n) is 6.69. The molecular formula is C17H24I3N3O8. The van der Waals surface area contributed by atoms with Gasteiger partial charge in [0.25, 0.3) is 5.91 Å². The second-order valence-corrected chi connectivity index (χ2v) is 10.8. The van der Waals surface area contributed by atoms with E-state index in [1.54, 1.807) is 22.6 Å². The van der Waals surface area contributed by atoms with Crippen molar-refractivity contribution in [1.29, 1.82) is 0 Å². The van der Waals surface area contributed by atoms with E-state index in [4.69, 9.17) is 0 Å². The Morgan fingerprint density at radius 1 is 1.03 bits per heavy atom. The lowest BCUT2D eigenvalue weighted by atomic mass is 9.85. The van der Waals surface area contributed by atoms with Crippen LogP contribution in [0, 0.1) is 5.92 Å². The lowest BCUT2D eigenvalue weighted by Crippen LogP contribution is -2.57. The summed E-state index contributed by atoms with van der Waals surface area (Å²) in [7, 11) is 0. The van der Waals surface area contributed by atoms with Crippen molar-refractivity contribution in [3.63, 3.8) is 0 Å². The molecule has 0 bridgehead atoms. The van der Waals surface area contributed by atoms with Crippen LogP contribution in [0.5, 0.6) is 0 Å². The van der Waals surface area contributed by atoms with Gasteiger partial charge in [0.2, 0.25) is 11.8 Å². The van der Waals surface area contributed by atoms with Crippen molar-refractivity contribution in [3.8, 4) is 0 Å². The minimum atomic E-state index is -1.54. The molecule has 0 aromatic heterocycles. The summed E-state index contributed by atoms with van der Waals surface area (Å²) in [4.78, 5) is 38.2. The number of rotatable bonds is 10. The van der Waals surface area contributed by atoms with Gasteiger partial charge >= 0.3 is 0 Å². The van der Waals surface area contributed by atoms with E-state index in [2.05, 4.69) is 16.0 Å². The van der Waals surface area contributed by atoms with E-state index in [1.165, 1.54) is 13.0 Å². The maximum Gasteiger partial charge on any atom is 0.252 e. The Morgan fingerprint density at radius 3 is 1.97 bits per heavy atom. The van der Waals surface area contributed by atoms with Gasteiger partial charge in [-0.2, -0.15) is 0 Å². The van der Waals surface area contributed by atoms with E-state index in [0.29, 0.717) is 3.58 Å². The summed E-state index contributed by atoms with van der Waals surface area (Å²) >= 11 is 5.47. The van der Waals surface area contributed by atoms with Crippen molar-refractivity contribution in [2.45, 2.75) is 28.5 Å². The number of hydrogen-bond donors (Lipinski definition) is 8. The zero-order valence-electron chi connectivity index (χ0n) is 16.3. The number of hydrogen-bond acceptors (Lipinski definition) is 8. The Morgan fingerprint density at radius 2 is 1.52 bits per heavy atom. The molecule has 1 aliphatic carbocycles. The summed E-state index contributed by atoms with van der Waals surface area (Å²) < 4.78 is -0.832. The van der Waals surface area contributed by atoms with Crippen LogP contribution in [-0.2, 0) is 14.4 Å². The third kappa shape index (κ3) is 7.18. The van der Waals surface area contributed by atoms with Crippen molar-refractivity contribution in [2.75, 3.05) is 26.4 Å². The highest BCUT2D eigenvalue weighted by Gasteiger charge is 2.51. The van der Waals surface area contributed by atoms with E-state index in [0.717, 1.165) is 0 Å². The molecule has 176 valence electrons. The van der Waals surface area contributed by atoms with Crippen LogP contribution in [0.3, 0.4) is 0 Å². The monoisotopic (exact) mass is 779 g/mol. The van der Waals surface area contributed by atoms with Gasteiger partial charge in [-0.1, -0.05) is 22.6 Å². The Bertz CT molecular complexity index is 753. The van der Waals surface area contributed by atoms with Gasteiger partial charge in [-0.25, -0.2) is 0 Å². The number of alkyl halides is 1. The number of halogens is 3. The van der Waals surface area contributed by atoms with Crippen LogP contribution in [0.15, 0.2) is 18.9 Å². The van der Waals surface area contributed by atoms with Crippen molar-refractivity contribution < 1.29 is 39.9 Å². The maximum absolute atomic E-state index is 13.1. The third-order valence-electron chi connectivity index (χ3n) is 4.29. The second kappa shape index (κ2) is 12.9. The molecule has 31 heavy (non-hydrogen) atoms. The van der Waals surface area contributed by atoms with Crippen LogP contribution in [0.25, 0.3) is 0 Å². The number of aliphatic hydroxyl groups excluding tert-OH is 5. The van der Waals surface area contributed by atoms with E-state index in [-0.39, 0.29) is 9.28 Å². The molecule has 0 spiro atoms. The highest BCUT2D eigenvalue weighted by atomic mass is 127. The number of nitrogens with one attached hydrogen (secondary N) is 3. The molecular weight excluding hydrogens is 755 g/mol. The van der Waals surface area contributed by atoms with Gasteiger partial charge in [0.15, 0.2) is 0 Å². The molecule has 3 amide bonds. The fraction of sp³-hybridized carbons (Fsp3) is 0.588. The molecule has 0 radical (unpaired) electrons. The average molecular weight is 779 g/mol. The van der Waals surface area contributed by atoms with Gasteiger partial charge < -0.3 is 41.5 Å². The first kappa shape index (κ1) is 28.9. The Labute approximate surface area is 219 Å². The molecule has 1 rings (SSSR count). The topological polar surface area (TPSA) is 188 Å². The van der Waals surface area contributed by atoms with Crippen molar-refractivity contribution >= 4 is 85.5 Å². The largest absolute Gasteiger partial charge is 0.394 e. The van der Waals surface area contributed by atoms with Crippen LogP contribution in [-0.4, -0.2) is 91.3 Å². The number of carbonyl (C=O) groups excluding carboxylic acids is 3. The average Bonchev–Trinajstić information content (AvgIpc) is 2.72. The summed E-state index contributed by atoms with van der Waals surface area (Å²) in [5.74, 6) is -3.28. The molecule has 8 N–H and O–H groups in total. The number of aliphatic hydroxyl groups is 5. The number of allylic oxidation sites excluding steroid dienone is 1. The number of carbonyl (C=O) groups is 3. The first-order chi connectivity index (χ1) is 14.5. The van der Waals surface area contributed by atoms with Crippen LogP contribution < -0.4 is 16.0 Å². The zero-order chi connectivity index (χ0) is 23.9. The number of amides is 3. The molecule has 0 saturated heterocycles. The van der Waals surface area contributed by atoms with Gasteiger partial charge in [-0.05, 0) is 58.2 Å². The molecule has 0 heterocycles. The quantitative estimate of drug-likeness (QED) is 0.0942. The standard InChI is InChI=1S/C17H24I3N3O8/c1-7(28)14(29)23-13-10(18)2-17(20,16(31)22-9(5-26)6-27)11(12(13)19)15(30)21-8(3-24)4-25/h2,7-9,11,24-28H,3-6H2,1H3,(H,21,30)(H,22,31)(H,23,29)/t7-,11?,17?/m0/s1. The van der Waals surface area contributed by atoms with Crippen molar-refractivity contribution in [2.24, 2.45) is 5.92 Å². The molecule has 0 saturated carbocycles. The first-order valence-corrected chi connectivity index (χ1v) is 12.2. The summed E-state index contributed by atoms with van der Waals surface area (Å²) in [5, 5.41) is 54.2. The molecule has 1 aliphatic rings. The van der Waals surface area contributed by atoms with Gasteiger partial charge in [0.1, 0.15) is 9.53 Å².